The number of anilines is 2. The number of fused-ring (bicyclic) bond motifs is 2. The summed E-state index contributed by atoms with van der Waals surface area (Å²) in [7, 11) is 0. The molecule has 9 nitrogen and oxygen atoms in total. The molecule has 2 aliphatic rings. The monoisotopic (exact) mass is 517 g/mol. The van der Waals surface area contributed by atoms with Crippen LogP contribution in [0.3, 0.4) is 0 Å². The normalized spacial score (nSPS) is 23.3. The number of nitrogens with zero attached hydrogens (tertiary/aromatic N) is 5. The van der Waals surface area contributed by atoms with Crippen molar-refractivity contribution in [3.63, 3.8) is 0 Å². The maximum Gasteiger partial charge on any atom is 0.240 e. The Morgan fingerprint density at radius 2 is 2.00 bits per heavy atom. The van der Waals surface area contributed by atoms with E-state index in [1.54, 1.807) is 25.3 Å². The van der Waals surface area contributed by atoms with Crippen molar-refractivity contribution in [2.45, 2.75) is 51.4 Å². The predicted molar refractivity (Wildman–Crippen MR) is 141 cm³/mol. The van der Waals surface area contributed by atoms with Crippen LogP contribution in [0.4, 0.5) is 11.6 Å². The van der Waals surface area contributed by atoms with Gasteiger partial charge in [-0.2, -0.15) is 0 Å². The number of aromatic hydroxyl groups is 1. The van der Waals surface area contributed by atoms with E-state index in [0.29, 0.717) is 34.4 Å². The van der Waals surface area contributed by atoms with Gasteiger partial charge in [0.2, 0.25) is 5.91 Å². The Kier molecular flexibility index (Phi) is 5.56. The molecule has 0 bridgehead atoms. The molecule has 37 heavy (non-hydrogen) atoms. The third-order valence-electron chi connectivity index (χ3n) is 7.94. The van der Waals surface area contributed by atoms with Gasteiger partial charge >= 0.3 is 0 Å². The molecule has 0 saturated heterocycles. The van der Waals surface area contributed by atoms with E-state index < -0.39 is 5.41 Å². The van der Waals surface area contributed by atoms with E-state index >= 15 is 0 Å². The summed E-state index contributed by atoms with van der Waals surface area (Å²) in [4.78, 5) is 32.0. The second-order valence-electron chi connectivity index (χ2n) is 10.5. The number of carbonyl (C=O) groups excluding carboxylic acids is 1. The van der Waals surface area contributed by atoms with Gasteiger partial charge in [-0.3, -0.25) is 4.79 Å². The lowest BCUT2D eigenvalue weighted by Crippen LogP contribution is -2.33. The lowest BCUT2D eigenvalue weighted by atomic mass is 9.77. The molecule has 6 rings (SSSR count). The van der Waals surface area contributed by atoms with Crippen LogP contribution >= 0.6 is 11.6 Å². The molecule has 1 aliphatic carbocycles. The summed E-state index contributed by atoms with van der Waals surface area (Å²) >= 11 is 6.14. The van der Waals surface area contributed by atoms with E-state index in [1.807, 2.05) is 16.8 Å². The average molecular weight is 518 g/mol. The van der Waals surface area contributed by atoms with Gasteiger partial charge in [0.15, 0.2) is 11.5 Å². The molecule has 1 saturated carbocycles. The molecule has 1 amide bonds. The van der Waals surface area contributed by atoms with Crippen molar-refractivity contribution in [3.8, 4) is 17.3 Å². The van der Waals surface area contributed by atoms with Gasteiger partial charge in [0.25, 0.3) is 0 Å². The van der Waals surface area contributed by atoms with Gasteiger partial charge in [0.1, 0.15) is 28.5 Å². The van der Waals surface area contributed by atoms with E-state index in [1.165, 1.54) is 31.7 Å². The Morgan fingerprint density at radius 3 is 2.76 bits per heavy atom. The second kappa shape index (κ2) is 8.69. The summed E-state index contributed by atoms with van der Waals surface area (Å²) in [5.41, 5.74) is 8.68. The molecule has 0 unspecified atom stereocenters. The van der Waals surface area contributed by atoms with Crippen LogP contribution in [-0.4, -0.2) is 35.4 Å². The molecular weight excluding hydrogens is 490 g/mol. The molecule has 1 aromatic carbocycles. The van der Waals surface area contributed by atoms with Gasteiger partial charge in [-0.1, -0.05) is 37.4 Å². The molecule has 0 spiro atoms. The average Bonchev–Trinajstić information content (AvgIpc) is 3.45. The minimum atomic E-state index is -1.17. The van der Waals surface area contributed by atoms with Gasteiger partial charge in [-0.05, 0) is 55.7 Å². The number of benzene rings is 1. The SMILES string of the molecule is C[C@@]1(c2ccc(O)c(Cl)c2)C(=O)Nc2nc(-c3cn4ccnc4c(C[C@H]4CC[C@H](C)CC4)n3)nc(N)c21. The maximum atomic E-state index is 13.2. The van der Waals surface area contributed by atoms with E-state index in [-0.39, 0.29) is 22.5 Å². The number of phenols is 1. The number of hydrogen-bond acceptors (Lipinski definition) is 7. The molecule has 1 atom stereocenters. The largest absolute Gasteiger partial charge is 0.506 e. The zero-order valence-corrected chi connectivity index (χ0v) is 21.5. The fraction of sp³-hybridized carbons (Fsp3) is 0.370. The number of rotatable bonds is 4. The summed E-state index contributed by atoms with van der Waals surface area (Å²) in [6, 6.07) is 4.67. The van der Waals surface area contributed by atoms with Crippen LogP contribution in [0, 0.1) is 11.8 Å². The van der Waals surface area contributed by atoms with Gasteiger partial charge < -0.3 is 20.6 Å². The van der Waals surface area contributed by atoms with Crippen LogP contribution in [0.2, 0.25) is 5.02 Å². The molecule has 190 valence electrons. The Balaban J connectivity index is 1.41. The van der Waals surface area contributed by atoms with Gasteiger partial charge in [0.05, 0.1) is 16.3 Å². The van der Waals surface area contributed by atoms with Crippen molar-refractivity contribution in [3.05, 3.63) is 58.6 Å². The molecule has 3 aromatic heterocycles. The van der Waals surface area contributed by atoms with Crippen LogP contribution in [0.15, 0.2) is 36.8 Å². The first-order chi connectivity index (χ1) is 17.7. The first-order valence-corrected chi connectivity index (χ1v) is 12.9. The molecule has 1 aliphatic heterocycles. The Labute approximate surface area is 219 Å². The number of hydrogen-bond donors (Lipinski definition) is 3. The summed E-state index contributed by atoms with van der Waals surface area (Å²) in [6.07, 6.45) is 11.2. The highest BCUT2D eigenvalue weighted by Crippen LogP contribution is 2.46. The number of nitrogen functional groups attached to an aromatic ring is 1. The lowest BCUT2D eigenvalue weighted by Gasteiger charge is -2.26. The highest BCUT2D eigenvalue weighted by molar-refractivity contribution is 6.32. The van der Waals surface area contributed by atoms with Crippen LogP contribution in [-0.2, 0) is 16.6 Å². The molecular formula is C27H28ClN7O2. The second-order valence-corrected chi connectivity index (χ2v) is 10.9. The third-order valence-corrected chi connectivity index (χ3v) is 8.24. The number of amides is 1. The summed E-state index contributed by atoms with van der Waals surface area (Å²) < 4.78 is 1.94. The van der Waals surface area contributed by atoms with Crippen LogP contribution in [0.1, 0.15) is 56.4 Å². The minimum Gasteiger partial charge on any atom is -0.506 e. The fourth-order valence-corrected chi connectivity index (χ4v) is 5.84. The van der Waals surface area contributed by atoms with Crippen molar-refractivity contribution in [1.29, 1.82) is 0 Å². The van der Waals surface area contributed by atoms with E-state index in [0.717, 1.165) is 23.7 Å². The minimum absolute atomic E-state index is 0.0632. The number of nitrogens with two attached hydrogens (primary N) is 1. The summed E-state index contributed by atoms with van der Waals surface area (Å²) in [6.45, 7) is 4.06. The molecule has 0 radical (unpaired) electrons. The number of nitrogens with one attached hydrogen (secondary N) is 1. The van der Waals surface area contributed by atoms with Crippen molar-refractivity contribution in [1.82, 2.24) is 24.3 Å². The number of carbonyl (C=O) groups is 1. The number of imidazole rings is 1. The van der Waals surface area contributed by atoms with Crippen LogP contribution < -0.4 is 11.1 Å². The molecule has 1 fully saturated rings. The Morgan fingerprint density at radius 1 is 1.22 bits per heavy atom. The summed E-state index contributed by atoms with van der Waals surface area (Å²) in [5.74, 6) is 1.85. The zero-order chi connectivity index (χ0) is 25.9. The first kappa shape index (κ1) is 23.7. The van der Waals surface area contributed by atoms with Crippen molar-refractivity contribution in [2.24, 2.45) is 11.8 Å². The van der Waals surface area contributed by atoms with E-state index in [9.17, 15) is 9.90 Å². The first-order valence-electron chi connectivity index (χ1n) is 12.6. The number of aromatic nitrogens is 5. The standard InChI is InChI=1S/C27H28ClN7O2/c1-14-3-5-15(6-4-14)11-18-25-30-9-10-35(25)13-19(31-18)23-32-22(29)21-24(33-23)34-26(37)27(21,2)16-7-8-20(36)17(28)12-16/h7-10,12-15,36H,3-6,11H2,1-2H3,(H3,29,32,33,34,37)/t14-,15-,27-/m0/s1. The summed E-state index contributed by atoms with van der Waals surface area (Å²) in [5, 5.41) is 12.9. The maximum absolute atomic E-state index is 13.2. The van der Waals surface area contributed by atoms with Crippen LogP contribution in [0.25, 0.3) is 17.2 Å². The Bertz CT molecular complexity index is 1540. The molecule has 10 heteroatoms. The molecule has 4 heterocycles. The Hall–Kier alpha value is -3.72. The van der Waals surface area contributed by atoms with Crippen molar-refractivity contribution >= 4 is 34.8 Å². The van der Waals surface area contributed by atoms with E-state index in [2.05, 4.69) is 27.2 Å². The van der Waals surface area contributed by atoms with Crippen LogP contribution in [0.5, 0.6) is 5.75 Å². The topological polar surface area (TPSA) is 131 Å². The quantitative estimate of drug-likeness (QED) is 0.355. The number of phenolic OH excluding ortho intramolecular Hbond substituents is 1. The highest BCUT2D eigenvalue weighted by Gasteiger charge is 2.47. The van der Waals surface area contributed by atoms with Gasteiger partial charge in [-0.25, -0.2) is 19.9 Å². The van der Waals surface area contributed by atoms with Gasteiger partial charge in [-0.15, -0.1) is 0 Å². The fourth-order valence-electron chi connectivity index (χ4n) is 5.66. The zero-order valence-electron chi connectivity index (χ0n) is 20.7. The third kappa shape index (κ3) is 3.89. The number of halogens is 1. The molecule has 4 N–H and O–H groups in total. The predicted octanol–water partition coefficient (Wildman–Crippen LogP) is 4.75. The van der Waals surface area contributed by atoms with E-state index in [4.69, 9.17) is 22.3 Å². The smallest absolute Gasteiger partial charge is 0.240 e. The molecule has 4 aromatic rings. The lowest BCUT2D eigenvalue weighted by molar-refractivity contribution is -0.119. The van der Waals surface area contributed by atoms with Crippen molar-refractivity contribution in [2.75, 3.05) is 11.1 Å². The highest BCUT2D eigenvalue weighted by atomic mass is 35.5. The van der Waals surface area contributed by atoms with Gasteiger partial charge in [0, 0.05) is 18.6 Å². The van der Waals surface area contributed by atoms with Crippen molar-refractivity contribution < 1.29 is 9.90 Å².